The quantitative estimate of drug-likeness (QED) is 0.819. The van der Waals surface area contributed by atoms with Gasteiger partial charge in [0.1, 0.15) is 0 Å². The Morgan fingerprint density at radius 3 is 2.64 bits per heavy atom. The molecular formula is C17H19N3O2. The lowest BCUT2D eigenvalue weighted by Gasteiger charge is -2.09. The molecule has 5 nitrogen and oxygen atoms in total. The molecule has 0 radical (unpaired) electrons. The summed E-state index contributed by atoms with van der Waals surface area (Å²) in [6.07, 6.45) is 1.05. The summed E-state index contributed by atoms with van der Waals surface area (Å²) in [5.74, 6) is 0. The van der Waals surface area contributed by atoms with Crippen molar-refractivity contribution in [1.82, 2.24) is 9.78 Å². The highest BCUT2D eigenvalue weighted by atomic mass is 16.5. The van der Waals surface area contributed by atoms with Gasteiger partial charge in [-0.3, -0.25) is 4.79 Å². The number of rotatable bonds is 6. The van der Waals surface area contributed by atoms with Crippen LogP contribution in [0.5, 0.6) is 0 Å². The van der Waals surface area contributed by atoms with E-state index < -0.39 is 0 Å². The monoisotopic (exact) mass is 297 g/mol. The first-order valence-electron chi connectivity index (χ1n) is 7.25. The predicted octanol–water partition coefficient (Wildman–Crippen LogP) is 2.19. The van der Waals surface area contributed by atoms with Crippen LogP contribution in [0.2, 0.25) is 0 Å². The van der Waals surface area contributed by atoms with Gasteiger partial charge in [0.15, 0.2) is 0 Å². The molecule has 0 unspecified atom stereocenters. The zero-order valence-corrected chi connectivity index (χ0v) is 12.9. The van der Waals surface area contributed by atoms with Crippen molar-refractivity contribution in [3.8, 4) is 17.3 Å². The molecule has 0 N–H and O–H groups in total. The zero-order chi connectivity index (χ0) is 15.9. The van der Waals surface area contributed by atoms with Crippen molar-refractivity contribution in [1.29, 1.82) is 5.26 Å². The molecule has 0 aliphatic carbocycles. The third-order valence-electron chi connectivity index (χ3n) is 3.48. The van der Waals surface area contributed by atoms with E-state index in [0.29, 0.717) is 24.4 Å². The van der Waals surface area contributed by atoms with E-state index in [1.807, 2.05) is 30.3 Å². The van der Waals surface area contributed by atoms with Crippen molar-refractivity contribution in [2.45, 2.75) is 26.3 Å². The normalized spacial score (nSPS) is 10.4. The summed E-state index contributed by atoms with van der Waals surface area (Å²) < 4.78 is 6.39. The summed E-state index contributed by atoms with van der Waals surface area (Å²) in [6.45, 7) is 2.87. The molecule has 22 heavy (non-hydrogen) atoms. The zero-order valence-electron chi connectivity index (χ0n) is 12.9. The lowest BCUT2D eigenvalue weighted by Crippen LogP contribution is -2.28. The number of ether oxygens (including phenoxy) is 1. The Bertz CT molecular complexity index is 727. The Labute approximate surface area is 129 Å². The van der Waals surface area contributed by atoms with Crippen LogP contribution in [0.1, 0.15) is 18.1 Å². The second-order valence-electron chi connectivity index (χ2n) is 4.96. The van der Waals surface area contributed by atoms with Gasteiger partial charge in [0.05, 0.1) is 31.3 Å². The van der Waals surface area contributed by atoms with E-state index in [0.717, 1.165) is 12.0 Å². The average Bonchev–Trinajstić information content (AvgIpc) is 2.56. The van der Waals surface area contributed by atoms with E-state index in [9.17, 15) is 4.79 Å². The molecule has 0 aliphatic heterocycles. The Morgan fingerprint density at radius 1 is 1.32 bits per heavy atom. The van der Waals surface area contributed by atoms with Crippen LogP contribution in [-0.2, 0) is 24.1 Å². The van der Waals surface area contributed by atoms with Crippen LogP contribution in [0, 0.1) is 11.3 Å². The molecular weight excluding hydrogens is 278 g/mol. The highest BCUT2D eigenvalue weighted by molar-refractivity contribution is 5.59. The van der Waals surface area contributed by atoms with Crippen LogP contribution in [0.3, 0.4) is 0 Å². The highest BCUT2D eigenvalue weighted by Gasteiger charge is 2.10. The summed E-state index contributed by atoms with van der Waals surface area (Å²) in [5, 5.41) is 13.3. The number of benzene rings is 1. The minimum Gasteiger partial charge on any atom is -0.383 e. The van der Waals surface area contributed by atoms with Gasteiger partial charge in [-0.2, -0.15) is 10.4 Å². The first kappa shape index (κ1) is 15.9. The molecule has 0 spiro atoms. The van der Waals surface area contributed by atoms with Crippen molar-refractivity contribution in [2.24, 2.45) is 0 Å². The van der Waals surface area contributed by atoms with E-state index in [1.54, 1.807) is 13.2 Å². The standard InChI is InChI=1S/C17H19N3O2/c1-3-13-4-6-14(7-5-13)16-12-15(8-9-18)17(21)20(19-16)10-11-22-2/h4-7,12H,3,8,10-11H2,1-2H3. The van der Waals surface area contributed by atoms with E-state index in [-0.39, 0.29) is 12.0 Å². The van der Waals surface area contributed by atoms with Crippen LogP contribution in [0.15, 0.2) is 35.1 Å². The summed E-state index contributed by atoms with van der Waals surface area (Å²) in [4.78, 5) is 12.2. The maximum atomic E-state index is 12.2. The van der Waals surface area contributed by atoms with Gasteiger partial charge in [0.25, 0.3) is 5.56 Å². The van der Waals surface area contributed by atoms with Crippen LogP contribution < -0.4 is 5.56 Å². The number of nitriles is 1. The van der Waals surface area contributed by atoms with Crippen molar-refractivity contribution < 1.29 is 4.74 Å². The summed E-state index contributed by atoms with van der Waals surface area (Å²) in [7, 11) is 1.58. The second kappa shape index (κ2) is 7.53. The van der Waals surface area contributed by atoms with Crippen molar-refractivity contribution >= 4 is 0 Å². The lowest BCUT2D eigenvalue weighted by atomic mass is 10.1. The summed E-state index contributed by atoms with van der Waals surface area (Å²) >= 11 is 0. The summed E-state index contributed by atoms with van der Waals surface area (Å²) in [5.41, 5.74) is 3.11. The Morgan fingerprint density at radius 2 is 2.05 bits per heavy atom. The van der Waals surface area contributed by atoms with Crippen LogP contribution in [0.4, 0.5) is 0 Å². The fourth-order valence-corrected chi connectivity index (χ4v) is 2.19. The number of methoxy groups -OCH3 is 1. The van der Waals surface area contributed by atoms with Gasteiger partial charge in [-0.25, -0.2) is 4.68 Å². The van der Waals surface area contributed by atoms with Gasteiger partial charge in [0, 0.05) is 18.2 Å². The molecule has 1 aromatic heterocycles. The minimum atomic E-state index is -0.229. The number of aryl methyl sites for hydroxylation is 1. The van der Waals surface area contributed by atoms with Gasteiger partial charge < -0.3 is 4.74 Å². The van der Waals surface area contributed by atoms with Gasteiger partial charge in [-0.05, 0) is 18.1 Å². The third-order valence-corrected chi connectivity index (χ3v) is 3.48. The number of hydrogen-bond acceptors (Lipinski definition) is 4. The van der Waals surface area contributed by atoms with Crippen molar-refractivity contribution in [3.63, 3.8) is 0 Å². The number of nitrogens with zero attached hydrogens (tertiary/aromatic N) is 3. The van der Waals surface area contributed by atoms with Gasteiger partial charge in [-0.15, -0.1) is 0 Å². The molecule has 0 bridgehead atoms. The van der Waals surface area contributed by atoms with Gasteiger partial charge in [-0.1, -0.05) is 31.2 Å². The van der Waals surface area contributed by atoms with Crippen molar-refractivity contribution in [3.05, 3.63) is 51.8 Å². The maximum absolute atomic E-state index is 12.2. The van der Waals surface area contributed by atoms with Crippen LogP contribution in [-0.4, -0.2) is 23.5 Å². The first-order valence-corrected chi connectivity index (χ1v) is 7.25. The first-order chi connectivity index (χ1) is 10.7. The van der Waals surface area contributed by atoms with E-state index in [1.165, 1.54) is 10.2 Å². The smallest absolute Gasteiger partial charge is 0.271 e. The molecule has 2 rings (SSSR count). The predicted molar refractivity (Wildman–Crippen MR) is 84.5 cm³/mol. The minimum absolute atomic E-state index is 0.0778. The van der Waals surface area contributed by atoms with E-state index in [4.69, 9.17) is 10.00 Å². The third kappa shape index (κ3) is 3.60. The Hall–Kier alpha value is -2.45. The summed E-state index contributed by atoms with van der Waals surface area (Å²) in [6, 6.07) is 11.8. The fourth-order valence-electron chi connectivity index (χ4n) is 2.19. The average molecular weight is 297 g/mol. The van der Waals surface area contributed by atoms with Gasteiger partial charge in [0.2, 0.25) is 0 Å². The molecule has 0 saturated heterocycles. The molecule has 0 aliphatic rings. The Kier molecular flexibility index (Phi) is 5.45. The molecule has 0 fully saturated rings. The number of aromatic nitrogens is 2. The Balaban J connectivity index is 2.47. The second-order valence-corrected chi connectivity index (χ2v) is 4.96. The molecule has 5 heteroatoms. The molecule has 1 aromatic carbocycles. The van der Waals surface area contributed by atoms with E-state index >= 15 is 0 Å². The lowest BCUT2D eigenvalue weighted by molar-refractivity contribution is 0.182. The molecule has 0 amide bonds. The maximum Gasteiger partial charge on any atom is 0.271 e. The van der Waals surface area contributed by atoms with Crippen LogP contribution >= 0.6 is 0 Å². The molecule has 2 aromatic rings. The van der Waals surface area contributed by atoms with Crippen LogP contribution in [0.25, 0.3) is 11.3 Å². The topological polar surface area (TPSA) is 67.9 Å². The molecule has 114 valence electrons. The highest BCUT2D eigenvalue weighted by Crippen LogP contribution is 2.18. The number of hydrogen-bond donors (Lipinski definition) is 0. The molecule has 1 heterocycles. The van der Waals surface area contributed by atoms with E-state index in [2.05, 4.69) is 12.0 Å². The fraction of sp³-hybridized carbons (Fsp3) is 0.353. The largest absolute Gasteiger partial charge is 0.383 e. The van der Waals surface area contributed by atoms with Gasteiger partial charge >= 0.3 is 0 Å². The van der Waals surface area contributed by atoms with Crippen molar-refractivity contribution in [2.75, 3.05) is 13.7 Å². The SMILES string of the molecule is CCc1ccc(-c2cc(CC#N)c(=O)n(CCOC)n2)cc1. The molecule has 0 atom stereocenters. The molecule has 0 saturated carbocycles.